The van der Waals surface area contributed by atoms with Crippen molar-refractivity contribution >= 4 is 10.5 Å². The molecular formula is C2H9NOSi. The third-order valence-electron chi connectivity index (χ3n) is 0.372. The van der Waals surface area contributed by atoms with Gasteiger partial charge in [-0.15, -0.1) is 0 Å². The maximum atomic E-state index is 5.10. The molecule has 0 bridgehead atoms. The molecule has 0 heterocycles. The molecule has 5 heavy (non-hydrogen) atoms. The van der Waals surface area contributed by atoms with Crippen LogP contribution in [0.15, 0.2) is 0 Å². The summed E-state index contributed by atoms with van der Waals surface area (Å²) in [6.45, 7) is 1.81. The highest BCUT2D eigenvalue weighted by Crippen LogP contribution is 1.65. The van der Waals surface area contributed by atoms with Crippen molar-refractivity contribution in [2.45, 2.75) is 13.2 Å². The van der Waals surface area contributed by atoms with Crippen LogP contribution in [0.1, 0.15) is 6.92 Å². The number of hydrogen-bond acceptors (Lipinski definition) is 2. The van der Waals surface area contributed by atoms with E-state index >= 15 is 0 Å². The Hall–Kier alpha value is 0.137. The minimum atomic E-state index is -0.0540. The Bertz CT molecular complexity index is 23.6. The highest BCUT2D eigenvalue weighted by Gasteiger charge is 1.77. The molecule has 0 aliphatic rings. The van der Waals surface area contributed by atoms with Crippen LogP contribution in [0.4, 0.5) is 0 Å². The molecule has 0 aromatic rings. The molecule has 0 spiro atoms. The van der Waals surface area contributed by atoms with Gasteiger partial charge in [0.05, 0.1) is 6.23 Å². The molecule has 0 saturated carbocycles. The van der Waals surface area contributed by atoms with Crippen LogP contribution in [0.5, 0.6) is 0 Å². The van der Waals surface area contributed by atoms with Gasteiger partial charge in [-0.05, 0) is 6.92 Å². The summed E-state index contributed by atoms with van der Waals surface area (Å²) >= 11 is 0. The number of rotatable bonds is 1. The van der Waals surface area contributed by atoms with E-state index in [2.05, 4.69) is 4.43 Å². The maximum Gasteiger partial charge on any atom is 0.148 e. The van der Waals surface area contributed by atoms with Crippen LogP contribution in [0, 0.1) is 0 Å². The Morgan fingerprint density at radius 3 is 2.20 bits per heavy atom. The van der Waals surface area contributed by atoms with Gasteiger partial charge in [-0.3, -0.25) is 0 Å². The summed E-state index contributed by atoms with van der Waals surface area (Å²) in [6, 6.07) is 0. The summed E-state index contributed by atoms with van der Waals surface area (Å²) in [4.78, 5) is 0. The third-order valence-corrected chi connectivity index (χ3v) is 1.12. The molecule has 0 aromatic heterocycles. The predicted octanol–water partition coefficient (Wildman–Crippen LogP) is -1.41. The van der Waals surface area contributed by atoms with Gasteiger partial charge in [-0.25, -0.2) is 0 Å². The Kier molecular flexibility index (Phi) is 2.44. The first-order valence-corrected chi connectivity index (χ1v) is 2.37. The maximum absolute atomic E-state index is 5.10. The summed E-state index contributed by atoms with van der Waals surface area (Å²) < 4.78 is 4.67. The molecule has 0 aliphatic carbocycles. The molecule has 0 aromatic carbocycles. The Balaban J connectivity index is 2.54. The molecule has 3 heteroatoms. The Morgan fingerprint density at radius 1 is 2.00 bits per heavy atom. The van der Waals surface area contributed by atoms with Gasteiger partial charge >= 0.3 is 0 Å². The Labute approximate surface area is 34.9 Å². The quantitative estimate of drug-likeness (QED) is 0.318. The fourth-order valence-corrected chi connectivity index (χ4v) is 0. The molecule has 32 valence electrons. The average Bonchev–Trinajstić information content (AvgIpc) is 1.38. The third kappa shape index (κ3) is 4.14. The van der Waals surface area contributed by atoms with Gasteiger partial charge < -0.3 is 10.2 Å². The fourth-order valence-electron chi connectivity index (χ4n) is 0. The van der Waals surface area contributed by atoms with E-state index < -0.39 is 0 Å². The smallest absolute Gasteiger partial charge is 0.148 e. The summed E-state index contributed by atoms with van der Waals surface area (Å²) in [7, 11) is 0.748. The van der Waals surface area contributed by atoms with Crippen LogP contribution in [0.3, 0.4) is 0 Å². The van der Waals surface area contributed by atoms with Crippen molar-refractivity contribution in [2.24, 2.45) is 5.73 Å². The van der Waals surface area contributed by atoms with E-state index in [0.717, 1.165) is 10.5 Å². The first-order chi connectivity index (χ1) is 2.27. The van der Waals surface area contributed by atoms with Crippen LogP contribution < -0.4 is 5.73 Å². The summed E-state index contributed by atoms with van der Waals surface area (Å²) in [5.41, 5.74) is 5.10. The lowest BCUT2D eigenvalue weighted by molar-refractivity contribution is 0.253. The average molecular weight is 91.2 g/mol. The van der Waals surface area contributed by atoms with Crippen molar-refractivity contribution < 1.29 is 4.43 Å². The molecule has 0 saturated heterocycles. The molecule has 0 fully saturated rings. The highest BCUT2D eigenvalue weighted by molar-refractivity contribution is 5.98. The molecular weight excluding hydrogens is 82.1 g/mol. The second kappa shape index (κ2) is 2.38. The molecule has 2 N–H and O–H groups in total. The molecule has 2 nitrogen and oxygen atoms in total. The zero-order valence-corrected chi connectivity index (χ0v) is 5.56. The van der Waals surface area contributed by atoms with E-state index in [-0.39, 0.29) is 6.23 Å². The molecule has 1 unspecified atom stereocenters. The van der Waals surface area contributed by atoms with Gasteiger partial charge in [-0.1, -0.05) is 0 Å². The summed E-state index contributed by atoms with van der Waals surface area (Å²) in [6.07, 6.45) is -0.0540. The lowest BCUT2D eigenvalue weighted by atomic mass is 10.7. The standard InChI is InChI=1S/C2H9NOSi/c1-2(3)4-5/h2H,3H2,1,5H3. The van der Waals surface area contributed by atoms with E-state index in [1.807, 2.05) is 6.92 Å². The first-order valence-electron chi connectivity index (χ1n) is 1.55. The van der Waals surface area contributed by atoms with Crippen molar-refractivity contribution in [3.63, 3.8) is 0 Å². The van der Waals surface area contributed by atoms with Crippen molar-refractivity contribution in [3.05, 3.63) is 0 Å². The monoisotopic (exact) mass is 91.0 g/mol. The van der Waals surface area contributed by atoms with Gasteiger partial charge in [0.1, 0.15) is 10.5 Å². The van der Waals surface area contributed by atoms with Gasteiger partial charge in [-0.2, -0.15) is 0 Å². The van der Waals surface area contributed by atoms with E-state index in [1.165, 1.54) is 0 Å². The van der Waals surface area contributed by atoms with Gasteiger partial charge in [0.25, 0.3) is 0 Å². The first kappa shape index (κ1) is 5.14. The number of nitrogens with two attached hydrogens (primary N) is 1. The summed E-state index contributed by atoms with van der Waals surface area (Å²) in [5, 5.41) is 0. The zero-order valence-electron chi connectivity index (χ0n) is 3.56. The van der Waals surface area contributed by atoms with Crippen LogP contribution in [0.25, 0.3) is 0 Å². The van der Waals surface area contributed by atoms with Crippen molar-refractivity contribution in [3.8, 4) is 0 Å². The minimum Gasteiger partial charge on any atom is -0.413 e. The van der Waals surface area contributed by atoms with Crippen molar-refractivity contribution in [2.75, 3.05) is 0 Å². The van der Waals surface area contributed by atoms with Crippen LogP contribution in [-0.4, -0.2) is 16.7 Å². The zero-order chi connectivity index (χ0) is 4.28. The highest BCUT2D eigenvalue weighted by atomic mass is 28.2. The van der Waals surface area contributed by atoms with E-state index in [4.69, 9.17) is 5.73 Å². The molecule has 0 rings (SSSR count). The molecule has 0 aliphatic heterocycles. The predicted molar refractivity (Wildman–Crippen MR) is 24.7 cm³/mol. The van der Waals surface area contributed by atoms with Crippen LogP contribution in [-0.2, 0) is 4.43 Å². The van der Waals surface area contributed by atoms with Gasteiger partial charge in [0.2, 0.25) is 0 Å². The minimum absolute atomic E-state index is 0.0540. The van der Waals surface area contributed by atoms with E-state index in [1.54, 1.807) is 0 Å². The largest absolute Gasteiger partial charge is 0.413 e. The van der Waals surface area contributed by atoms with Gasteiger partial charge in [0.15, 0.2) is 0 Å². The lowest BCUT2D eigenvalue weighted by Gasteiger charge is -1.96. The Morgan fingerprint density at radius 2 is 2.20 bits per heavy atom. The van der Waals surface area contributed by atoms with Crippen molar-refractivity contribution in [1.29, 1.82) is 0 Å². The fraction of sp³-hybridized carbons (Fsp3) is 1.00. The topological polar surface area (TPSA) is 35.2 Å². The summed E-state index contributed by atoms with van der Waals surface area (Å²) in [5.74, 6) is 0. The lowest BCUT2D eigenvalue weighted by Crippen LogP contribution is -2.16. The molecule has 0 radical (unpaired) electrons. The molecule has 1 atom stereocenters. The molecule has 0 amide bonds. The SMILES string of the molecule is CC(N)O[SiH3]. The normalized spacial score (nSPS) is 15.6. The van der Waals surface area contributed by atoms with Gasteiger partial charge in [0, 0.05) is 0 Å². The van der Waals surface area contributed by atoms with E-state index in [9.17, 15) is 0 Å². The second-order valence-electron chi connectivity index (χ2n) is 0.941. The number of hydrogen-bond donors (Lipinski definition) is 1. The van der Waals surface area contributed by atoms with Crippen LogP contribution in [0.2, 0.25) is 0 Å². The van der Waals surface area contributed by atoms with E-state index in [0.29, 0.717) is 0 Å². The second-order valence-corrected chi connectivity index (χ2v) is 1.41. The van der Waals surface area contributed by atoms with Crippen LogP contribution >= 0.6 is 0 Å². The van der Waals surface area contributed by atoms with Crippen molar-refractivity contribution in [1.82, 2.24) is 0 Å².